The van der Waals surface area contributed by atoms with Crippen LogP contribution in [0.5, 0.6) is 0 Å². The second-order valence-corrected chi connectivity index (χ2v) is 6.80. The van der Waals surface area contributed by atoms with Crippen molar-refractivity contribution in [2.24, 2.45) is 0 Å². The highest BCUT2D eigenvalue weighted by atomic mass is 16.2. The van der Waals surface area contributed by atoms with Gasteiger partial charge < -0.3 is 14.8 Å². The van der Waals surface area contributed by atoms with Crippen LogP contribution in [0.2, 0.25) is 0 Å². The van der Waals surface area contributed by atoms with E-state index in [0.717, 1.165) is 29.6 Å². The number of hydrogen-bond acceptors (Lipinski definition) is 3. The van der Waals surface area contributed by atoms with Crippen LogP contribution in [0, 0.1) is 0 Å². The van der Waals surface area contributed by atoms with Crippen molar-refractivity contribution in [3.8, 4) is 0 Å². The molecule has 0 fully saturated rings. The Morgan fingerprint density at radius 2 is 1.93 bits per heavy atom. The molecule has 0 radical (unpaired) electrons. The van der Waals surface area contributed by atoms with Crippen molar-refractivity contribution in [2.75, 3.05) is 11.4 Å². The molecule has 142 valence electrons. The van der Waals surface area contributed by atoms with Gasteiger partial charge in [-0.2, -0.15) is 0 Å². The Labute approximate surface area is 163 Å². The van der Waals surface area contributed by atoms with Gasteiger partial charge in [0.2, 0.25) is 11.8 Å². The summed E-state index contributed by atoms with van der Waals surface area (Å²) in [5, 5.41) is 2.75. The molecule has 0 unspecified atom stereocenters. The summed E-state index contributed by atoms with van der Waals surface area (Å²) in [6.45, 7) is 4.60. The van der Waals surface area contributed by atoms with E-state index in [1.54, 1.807) is 0 Å². The number of anilines is 1. The SMILES string of the molecule is C=CC(=O)NCc1nc2ccccc2n1CC(=O)N1CCCc2ccccc21. The summed E-state index contributed by atoms with van der Waals surface area (Å²) in [6, 6.07) is 15.7. The van der Waals surface area contributed by atoms with Crippen molar-refractivity contribution in [1.29, 1.82) is 0 Å². The predicted molar refractivity (Wildman–Crippen MR) is 109 cm³/mol. The largest absolute Gasteiger partial charge is 0.345 e. The standard InChI is InChI=1S/C22H22N4O2/c1-2-21(27)23-14-20-24-17-10-4-6-12-19(17)26(20)15-22(28)25-13-7-9-16-8-3-5-11-18(16)25/h2-6,8,10-12H,1,7,9,13-15H2,(H,23,27). The van der Waals surface area contributed by atoms with Crippen LogP contribution in [0.3, 0.4) is 0 Å². The smallest absolute Gasteiger partial charge is 0.246 e. The molecule has 0 saturated carbocycles. The summed E-state index contributed by atoms with van der Waals surface area (Å²) in [4.78, 5) is 31.2. The molecule has 28 heavy (non-hydrogen) atoms. The van der Waals surface area contributed by atoms with E-state index in [9.17, 15) is 9.59 Å². The average Bonchev–Trinajstić information content (AvgIpc) is 3.09. The molecule has 2 amide bonds. The Kier molecular flexibility index (Phi) is 4.93. The monoisotopic (exact) mass is 374 g/mol. The maximum Gasteiger partial charge on any atom is 0.246 e. The van der Waals surface area contributed by atoms with E-state index < -0.39 is 0 Å². The third-order valence-electron chi connectivity index (χ3n) is 5.04. The molecular weight excluding hydrogens is 352 g/mol. The van der Waals surface area contributed by atoms with Crippen LogP contribution < -0.4 is 10.2 Å². The van der Waals surface area contributed by atoms with Crippen LogP contribution in [-0.2, 0) is 29.1 Å². The molecule has 1 aliphatic rings. The van der Waals surface area contributed by atoms with E-state index in [1.165, 1.54) is 11.6 Å². The van der Waals surface area contributed by atoms with Crippen molar-refractivity contribution in [3.05, 3.63) is 72.6 Å². The molecule has 0 bridgehead atoms. The molecule has 1 aromatic heterocycles. The maximum atomic E-state index is 13.2. The van der Waals surface area contributed by atoms with E-state index in [0.29, 0.717) is 12.4 Å². The Bertz CT molecular complexity index is 1050. The highest BCUT2D eigenvalue weighted by molar-refractivity contribution is 5.95. The number of fused-ring (bicyclic) bond motifs is 2. The predicted octanol–water partition coefficient (Wildman–Crippen LogP) is 2.82. The van der Waals surface area contributed by atoms with Gasteiger partial charge in [0.25, 0.3) is 0 Å². The van der Waals surface area contributed by atoms with Crippen molar-refractivity contribution < 1.29 is 9.59 Å². The number of carbonyl (C=O) groups excluding carboxylic acids is 2. The number of para-hydroxylation sites is 3. The van der Waals surface area contributed by atoms with Gasteiger partial charge in [-0.05, 0) is 42.7 Å². The molecule has 2 heterocycles. The highest BCUT2D eigenvalue weighted by Crippen LogP contribution is 2.27. The summed E-state index contributed by atoms with van der Waals surface area (Å²) in [5.41, 5.74) is 3.88. The molecule has 0 spiro atoms. The molecule has 0 atom stereocenters. The van der Waals surface area contributed by atoms with Crippen LogP contribution >= 0.6 is 0 Å². The molecule has 0 saturated heterocycles. The Morgan fingerprint density at radius 1 is 1.14 bits per heavy atom. The maximum absolute atomic E-state index is 13.2. The van der Waals surface area contributed by atoms with E-state index in [1.807, 2.05) is 51.9 Å². The van der Waals surface area contributed by atoms with Gasteiger partial charge in [-0.1, -0.05) is 36.9 Å². The molecule has 3 aromatic rings. The first kappa shape index (κ1) is 18.0. The quantitative estimate of drug-likeness (QED) is 0.699. The zero-order valence-electron chi connectivity index (χ0n) is 15.6. The van der Waals surface area contributed by atoms with Gasteiger partial charge in [0.15, 0.2) is 0 Å². The van der Waals surface area contributed by atoms with Crippen molar-refractivity contribution in [2.45, 2.75) is 25.9 Å². The first-order valence-electron chi connectivity index (χ1n) is 9.40. The number of rotatable bonds is 5. The molecule has 0 aliphatic carbocycles. The van der Waals surface area contributed by atoms with E-state index in [-0.39, 0.29) is 24.9 Å². The normalized spacial score (nSPS) is 13.2. The molecule has 1 N–H and O–H groups in total. The van der Waals surface area contributed by atoms with Crippen LogP contribution in [-0.4, -0.2) is 27.9 Å². The van der Waals surface area contributed by atoms with E-state index in [2.05, 4.69) is 22.9 Å². The molecular formula is C22H22N4O2. The number of amides is 2. The molecule has 4 rings (SSSR count). The zero-order chi connectivity index (χ0) is 19.5. The third-order valence-corrected chi connectivity index (χ3v) is 5.04. The topological polar surface area (TPSA) is 67.2 Å². The third kappa shape index (κ3) is 3.41. The first-order valence-corrected chi connectivity index (χ1v) is 9.40. The Hall–Kier alpha value is -3.41. The lowest BCUT2D eigenvalue weighted by molar-refractivity contribution is -0.119. The van der Waals surface area contributed by atoms with Crippen LogP contribution in [0.15, 0.2) is 61.2 Å². The number of hydrogen-bond donors (Lipinski definition) is 1. The molecule has 2 aromatic carbocycles. The Morgan fingerprint density at radius 3 is 2.79 bits per heavy atom. The van der Waals surface area contributed by atoms with E-state index >= 15 is 0 Å². The fourth-order valence-corrected chi connectivity index (χ4v) is 3.69. The van der Waals surface area contributed by atoms with Gasteiger partial charge in [0, 0.05) is 12.2 Å². The fourth-order valence-electron chi connectivity index (χ4n) is 3.69. The number of nitrogens with zero attached hydrogens (tertiary/aromatic N) is 3. The van der Waals surface area contributed by atoms with Crippen LogP contribution in [0.4, 0.5) is 5.69 Å². The van der Waals surface area contributed by atoms with Gasteiger partial charge >= 0.3 is 0 Å². The second-order valence-electron chi connectivity index (χ2n) is 6.80. The summed E-state index contributed by atoms with van der Waals surface area (Å²) < 4.78 is 1.89. The van der Waals surface area contributed by atoms with Gasteiger partial charge in [-0.25, -0.2) is 4.98 Å². The number of imidazole rings is 1. The lowest BCUT2D eigenvalue weighted by Crippen LogP contribution is -2.38. The number of aryl methyl sites for hydroxylation is 1. The van der Waals surface area contributed by atoms with Crippen LogP contribution in [0.25, 0.3) is 11.0 Å². The van der Waals surface area contributed by atoms with Gasteiger partial charge in [-0.3, -0.25) is 9.59 Å². The van der Waals surface area contributed by atoms with Gasteiger partial charge in [0.05, 0.1) is 17.6 Å². The van der Waals surface area contributed by atoms with Crippen LogP contribution in [0.1, 0.15) is 17.8 Å². The minimum absolute atomic E-state index is 0.0200. The summed E-state index contributed by atoms with van der Waals surface area (Å²) in [7, 11) is 0. The highest BCUT2D eigenvalue weighted by Gasteiger charge is 2.23. The summed E-state index contributed by atoms with van der Waals surface area (Å²) in [6.07, 6.45) is 3.17. The number of nitrogens with one attached hydrogen (secondary N) is 1. The molecule has 1 aliphatic heterocycles. The minimum Gasteiger partial charge on any atom is -0.345 e. The second kappa shape index (κ2) is 7.68. The Balaban J connectivity index is 1.64. The van der Waals surface area contributed by atoms with Gasteiger partial charge in [0.1, 0.15) is 12.4 Å². The lowest BCUT2D eigenvalue weighted by Gasteiger charge is -2.29. The number of aromatic nitrogens is 2. The zero-order valence-corrected chi connectivity index (χ0v) is 15.6. The van der Waals surface area contributed by atoms with Crippen molar-refractivity contribution >= 4 is 28.5 Å². The average molecular weight is 374 g/mol. The van der Waals surface area contributed by atoms with Gasteiger partial charge in [-0.15, -0.1) is 0 Å². The minimum atomic E-state index is -0.269. The fraction of sp³-hybridized carbons (Fsp3) is 0.227. The molecule has 6 nitrogen and oxygen atoms in total. The number of carbonyl (C=O) groups is 2. The van der Waals surface area contributed by atoms with E-state index in [4.69, 9.17) is 0 Å². The summed E-state index contributed by atoms with van der Waals surface area (Å²) >= 11 is 0. The summed E-state index contributed by atoms with van der Waals surface area (Å²) in [5.74, 6) is 0.400. The van der Waals surface area contributed by atoms with Crippen molar-refractivity contribution in [1.82, 2.24) is 14.9 Å². The number of benzene rings is 2. The first-order chi connectivity index (χ1) is 13.7. The lowest BCUT2D eigenvalue weighted by atomic mass is 10.0. The van der Waals surface area contributed by atoms with Crippen molar-refractivity contribution in [3.63, 3.8) is 0 Å². The molecule has 6 heteroatoms.